The molecule has 6 nitrogen and oxygen atoms in total. The molecule has 0 aromatic carbocycles. The molecule has 1 rings (SSSR count). The molecule has 0 bridgehead atoms. The maximum atomic E-state index is 10.4. The summed E-state index contributed by atoms with van der Waals surface area (Å²) in [4.78, 5) is 14.0. The number of nitrogens with one attached hydrogen (secondary N) is 1. The molecule has 0 atom stereocenters. The molecule has 0 radical (unpaired) electrons. The Morgan fingerprint density at radius 1 is 1.64 bits per heavy atom. The first-order valence-corrected chi connectivity index (χ1v) is 3.36. The first-order valence-electron chi connectivity index (χ1n) is 2.59. The Morgan fingerprint density at radius 2 is 2.27 bits per heavy atom. The van der Waals surface area contributed by atoms with E-state index in [0.29, 0.717) is 0 Å². The molecule has 0 saturated heterocycles. The molecule has 0 unspecified atom stereocenters. The lowest BCUT2D eigenvalue weighted by Crippen LogP contribution is -2.24. The Hall–Kier alpha value is -1.50. The Labute approximate surface area is 65.9 Å². The number of primary amides is 1. The van der Waals surface area contributed by atoms with Crippen LogP contribution in [0.15, 0.2) is 0 Å². The van der Waals surface area contributed by atoms with Crippen molar-refractivity contribution in [1.29, 1.82) is 5.41 Å². The van der Waals surface area contributed by atoms with Gasteiger partial charge in [-0.05, 0) is 0 Å². The van der Waals surface area contributed by atoms with Crippen molar-refractivity contribution in [2.75, 3.05) is 5.73 Å². The van der Waals surface area contributed by atoms with E-state index in [4.69, 9.17) is 16.9 Å². The third-order valence-corrected chi connectivity index (χ3v) is 1.45. The second-order valence-corrected chi connectivity index (χ2v) is 2.48. The molecule has 7 heteroatoms. The molecule has 1 aromatic heterocycles. The highest BCUT2D eigenvalue weighted by molar-refractivity contribution is 7.09. The van der Waals surface area contributed by atoms with Gasteiger partial charge >= 0.3 is 0 Å². The molecule has 0 aliphatic carbocycles. The van der Waals surface area contributed by atoms with Gasteiger partial charge in [0.15, 0.2) is 16.7 Å². The second kappa shape index (κ2) is 2.62. The number of aromatic nitrogens is 2. The maximum Gasteiger partial charge on any atom is 0.270 e. The van der Waals surface area contributed by atoms with Crippen LogP contribution in [0.1, 0.15) is 5.82 Å². The standard InChI is InChI=1S/C4H5N5OS/c5-1(2(6)10)3-8-4(7)11-9-3/h5H,(H2,6,10)(H2,7,8,9). The number of amides is 1. The number of hydrogen-bond acceptors (Lipinski definition) is 6. The summed E-state index contributed by atoms with van der Waals surface area (Å²) in [6.45, 7) is 0. The fourth-order valence-electron chi connectivity index (χ4n) is 0.447. The van der Waals surface area contributed by atoms with Gasteiger partial charge in [-0.25, -0.2) is 0 Å². The number of anilines is 1. The van der Waals surface area contributed by atoms with Crippen LogP contribution in [-0.2, 0) is 4.79 Å². The van der Waals surface area contributed by atoms with Gasteiger partial charge < -0.3 is 11.5 Å². The van der Waals surface area contributed by atoms with Crippen LogP contribution in [0.5, 0.6) is 0 Å². The average Bonchev–Trinajstić information content (AvgIpc) is 2.34. The van der Waals surface area contributed by atoms with Gasteiger partial charge in [0.25, 0.3) is 5.91 Å². The van der Waals surface area contributed by atoms with Gasteiger partial charge in [-0.2, -0.15) is 9.36 Å². The lowest BCUT2D eigenvalue weighted by molar-refractivity contribution is -0.112. The van der Waals surface area contributed by atoms with Crippen molar-refractivity contribution in [1.82, 2.24) is 9.36 Å². The first kappa shape index (κ1) is 7.61. The van der Waals surface area contributed by atoms with Crippen molar-refractivity contribution in [3.63, 3.8) is 0 Å². The van der Waals surface area contributed by atoms with Gasteiger partial charge in [0.1, 0.15) is 0 Å². The van der Waals surface area contributed by atoms with E-state index in [0.717, 1.165) is 11.5 Å². The Balaban J connectivity index is 2.94. The van der Waals surface area contributed by atoms with Crippen molar-refractivity contribution in [3.8, 4) is 0 Å². The van der Waals surface area contributed by atoms with Crippen LogP contribution in [0.2, 0.25) is 0 Å². The van der Waals surface area contributed by atoms with Crippen LogP contribution in [0.25, 0.3) is 0 Å². The number of rotatable bonds is 2. The quantitative estimate of drug-likeness (QED) is 0.493. The van der Waals surface area contributed by atoms with Crippen LogP contribution in [0, 0.1) is 5.41 Å². The molecular weight excluding hydrogens is 166 g/mol. The highest BCUT2D eigenvalue weighted by Gasteiger charge is 2.12. The second-order valence-electron chi connectivity index (χ2n) is 1.70. The molecule has 0 aliphatic rings. The molecule has 0 spiro atoms. The number of carbonyl (C=O) groups is 1. The number of nitrogen functional groups attached to an aromatic ring is 1. The molecular formula is C4H5N5OS. The van der Waals surface area contributed by atoms with E-state index in [2.05, 4.69) is 9.36 Å². The summed E-state index contributed by atoms with van der Waals surface area (Å²) in [5, 5.41) is 7.26. The summed E-state index contributed by atoms with van der Waals surface area (Å²) in [6, 6.07) is 0. The fraction of sp³-hybridized carbons (Fsp3) is 0. The summed E-state index contributed by atoms with van der Waals surface area (Å²) >= 11 is 0.918. The van der Waals surface area contributed by atoms with E-state index in [-0.39, 0.29) is 11.0 Å². The van der Waals surface area contributed by atoms with Gasteiger partial charge in [-0.15, -0.1) is 0 Å². The summed E-state index contributed by atoms with van der Waals surface area (Å²) in [5.41, 5.74) is 9.59. The minimum Gasteiger partial charge on any atom is -0.374 e. The zero-order chi connectivity index (χ0) is 8.43. The van der Waals surface area contributed by atoms with Crippen LogP contribution in [0.4, 0.5) is 5.13 Å². The average molecular weight is 171 g/mol. The van der Waals surface area contributed by atoms with Crippen molar-refractivity contribution < 1.29 is 4.79 Å². The smallest absolute Gasteiger partial charge is 0.270 e. The predicted molar refractivity (Wildman–Crippen MR) is 40.3 cm³/mol. The maximum absolute atomic E-state index is 10.4. The number of nitrogens with two attached hydrogens (primary N) is 2. The molecule has 0 saturated carbocycles. The number of nitrogens with zero attached hydrogens (tertiary/aromatic N) is 2. The molecule has 11 heavy (non-hydrogen) atoms. The largest absolute Gasteiger partial charge is 0.374 e. The Morgan fingerprint density at radius 3 is 2.64 bits per heavy atom. The lowest BCUT2D eigenvalue weighted by Gasteiger charge is -1.88. The SMILES string of the molecule is N=C(C(N)=O)c1nsc(N)n1. The third kappa shape index (κ3) is 1.49. The van der Waals surface area contributed by atoms with Crippen LogP contribution in [0.3, 0.4) is 0 Å². The lowest BCUT2D eigenvalue weighted by atomic mass is 10.3. The van der Waals surface area contributed by atoms with Gasteiger partial charge in [0.05, 0.1) is 0 Å². The molecule has 0 aliphatic heterocycles. The van der Waals surface area contributed by atoms with Gasteiger partial charge in [-0.3, -0.25) is 10.2 Å². The highest BCUT2D eigenvalue weighted by Crippen LogP contribution is 2.05. The number of hydrogen-bond donors (Lipinski definition) is 3. The highest BCUT2D eigenvalue weighted by atomic mass is 32.1. The van der Waals surface area contributed by atoms with Crippen molar-refractivity contribution in [2.45, 2.75) is 0 Å². The van der Waals surface area contributed by atoms with Crippen LogP contribution < -0.4 is 11.5 Å². The molecule has 1 aromatic rings. The Kier molecular flexibility index (Phi) is 1.81. The monoisotopic (exact) mass is 171 g/mol. The van der Waals surface area contributed by atoms with Crippen LogP contribution in [-0.4, -0.2) is 21.0 Å². The summed E-state index contributed by atoms with van der Waals surface area (Å²) in [5.74, 6) is -0.872. The van der Waals surface area contributed by atoms with Gasteiger partial charge in [-0.1, -0.05) is 0 Å². The summed E-state index contributed by atoms with van der Waals surface area (Å²) < 4.78 is 3.62. The van der Waals surface area contributed by atoms with E-state index in [1.54, 1.807) is 0 Å². The molecule has 1 heterocycles. The van der Waals surface area contributed by atoms with E-state index >= 15 is 0 Å². The Bertz CT molecular complexity index is 305. The normalized spacial score (nSPS) is 9.45. The number of carbonyl (C=O) groups excluding carboxylic acids is 1. The van der Waals surface area contributed by atoms with E-state index < -0.39 is 11.6 Å². The first-order chi connectivity index (χ1) is 5.11. The van der Waals surface area contributed by atoms with E-state index in [1.165, 1.54) is 0 Å². The van der Waals surface area contributed by atoms with Crippen LogP contribution >= 0.6 is 11.5 Å². The van der Waals surface area contributed by atoms with Crippen molar-refractivity contribution >= 4 is 28.3 Å². The van der Waals surface area contributed by atoms with Gasteiger partial charge in [0, 0.05) is 11.5 Å². The molecule has 58 valence electrons. The zero-order valence-electron chi connectivity index (χ0n) is 5.37. The predicted octanol–water partition coefficient (Wildman–Crippen LogP) is -1.03. The fourth-order valence-corrected chi connectivity index (χ4v) is 0.886. The minimum absolute atomic E-state index is 0.0139. The van der Waals surface area contributed by atoms with E-state index in [9.17, 15) is 4.79 Å². The van der Waals surface area contributed by atoms with Gasteiger partial charge in [0.2, 0.25) is 0 Å². The van der Waals surface area contributed by atoms with Crippen molar-refractivity contribution in [3.05, 3.63) is 5.82 Å². The molecule has 1 amide bonds. The summed E-state index contributed by atoms with van der Waals surface area (Å²) in [7, 11) is 0. The molecule has 5 N–H and O–H groups in total. The third-order valence-electron chi connectivity index (χ3n) is 0.912. The van der Waals surface area contributed by atoms with Crippen molar-refractivity contribution in [2.24, 2.45) is 5.73 Å². The summed E-state index contributed by atoms with van der Waals surface area (Å²) in [6.07, 6.45) is 0. The molecule has 0 fully saturated rings. The zero-order valence-corrected chi connectivity index (χ0v) is 6.18. The minimum atomic E-state index is -0.859. The topological polar surface area (TPSA) is 119 Å². The van der Waals surface area contributed by atoms with E-state index in [1.807, 2.05) is 0 Å².